The van der Waals surface area contributed by atoms with Crippen molar-refractivity contribution in [2.75, 3.05) is 7.11 Å². The van der Waals surface area contributed by atoms with Crippen molar-refractivity contribution >= 4 is 17.4 Å². The van der Waals surface area contributed by atoms with Gasteiger partial charge in [-0.15, -0.1) is 11.8 Å². The Kier molecular flexibility index (Phi) is 4.57. The lowest BCUT2D eigenvalue weighted by atomic mass is 10.2. The van der Waals surface area contributed by atoms with Crippen LogP contribution >= 0.6 is 11.8 Å². The number of hydrogen-bond acceptors (Lipinski definition) is 4. The lowest BCUT2D eigenvalue weighted by molar-refractivity contribution is -0.387. The van der Waals surface area contributed by atoms with Crippen molar-refractivity contribution in [3.05, 3.63) is 64.0 Å². The van der Waals surface area contributed by atoms with Crippen LogP contribution in [0.25, 0.3) is 0 Å². The standard InChI is InChI=1S/C14H12FNO3S/c1-19-11-3-2-4-12(8-11)20-9-10-5-6-14(16(17)18)13(15)7-10/h2-8H,9H2,1H3. The first-order valence-electron chi connectivity index (χ1n) is 5.80. The van der Waals surface area contributed by atoms with Crippen LogP contribution in [0.4, 0.5) is 10.1 Å². The fourth-order valence-corrected chi connectivity index (χ4v) is 2.53. The summed E-state index contributed by atoms with van der Waals surface area (Å²) in [4.78, 5) is 10.8. The third kappa shape index (κ3) is 3.48. The van der Waals surface area contributed by atoms with Crippen molar-refractivity contribution in [3.63, 3.8) is 0 Å². The van der Waals surface area contributed by atoms with Gasteiger partial charge in [0.15, 0.2) is 0 Å². The van der Waals surface area contributed by atoms with Gasteiger partial charge in [-0.3, -0.25) is 10.1 Å². The number of thioether (sulfide) groups is 1. The van der Waals surface area contributed by atoms with E-state index in [-0.39, 0.29) is 0 Å². The van der Waals surface area contributed by atoms with Gasteiger partial charge < -0.3 is 4.74 Å². The van der Waals surface area contributed by atoms with Crippen molar-refractivity contribution in [1.82, 2.24) is 0 Å². The first kappa shape index (κ1) is 14.3. The second kappa shape index (κ2) is 6.38. The Balaban J connectivity index is 2.07. The van der Waals surface area contributed by atoms with Crippen molar-refractivity contribution in [2.45, 2.75) is 10.6 Å². The maximum absolute atomic E-state index is 13.5. The average Bonchev–Trinajstić information content (AvgIpc) is 2.45. The van der Waals surface area contributed by atoms with Gasteiger partial charge in [-0.2, -0.15) is 4.39 Å². The molecule has 2 aromatic rings. The van der Waals surface area contributed by atoms with Crippen LogP contribution in [-0.2, 0) is 5.75 Å². The Morgan fingerprint density at radius 1 is 1.30 bits per heavy atom. The molecule has 2 rings (SSSR count). The molecule has 0 N–H and O–H groups in total. The summed E-state index contributed by atoms with van der Waals surface area (Å²) in [6.45, 7) is 0. The van der Waals surface area contributed by atoms with E-state index in [1.54, 1.807) is 13.2 Å². The molecule has 6 heteroatoms. The molecule has 0 aromatic heterocycles. The number of nitro groups is 1. The minimum atomic E-state index is -0.807. The van der Waals surface area contributed by atoms with Crippen LogP contribution < -0.4 is 4.74 Å². The molecule has 0 heterocycles. The third-order valence-corrected chi connectivity index (χ3v) is 3.72. The molecular formula is C14H12FNO3S. The molecule has 0 aliphatic heterocycles. The number of hydrogen-bond donors (Lipinski definition) is 0. The van der Waals surface area contributed by atoms with E-state index in [1.165, 1.54) is 23.9 Å². The Labute approximate surface area is 119 Å². The van der Waals surface area contributed by atoms with Gasteiger partial charge in [-0.1, -0.05) is 12.1 Å². The number of nitrogens with zero attached hydrogens (tertiary/aromatic N) is 1. The van der Waals surface area contributed by atoms with E-state index in [1.807, 2.05) is 24.3 Å². The lowest BCUT2D eigenvalue weighted by Crippen LogP contribution is -1.93. The summed E-state index contributed by atoms with van der Waals surface area (Å²) in [5.74, 6) is 0.478. The minimum Gasteiger partial charge on any atom is -0.497 e. The summed E-state index contributed by atoms with van der Waals surface area (Å²) in [5, 5.41) is 10.5. The number of halogens is 1. The molecule has 0 atom stereocenters. The van der Waals surface area contributed by atoms with E-state index in [2.05, 4.69) is 0 Å². The largest absolute Gasteiger partial charge is 0.497 e. The lowest BCUT2D eigenvalue weighted by Gasteiger charge is -2.05. The van der Waals surface area contributed by atoms with Gasteiger partial charge in [0.1, 0.15) is 5.75 Å². The van der Waals surface area contributed by atoms with Crippen molar-refractivity contribution in [1.29, 1.82) is 0 Å². The summed E-state index contributed by atoms with van der Waals surface area (Å²) in [5.41, 5.74) is 0.195. The maximum Gasteiger partial charge on any atom is 0.304 e. The SMILES string of the molecule is COc1cccc(SCc2ccc([N+](=O)[O-])c(F)c2)c1. The summed E-state index contributed by atoms with van der Waals surface area (Å²) >= 11 is 1.51. The molecule has 0 bridgehead atoms. The van der Waals surface area contributed by atoms with Crippen LogP contribution in [-0.4, -0.2) is 12.0 Å². The van der Waals surface area contributed by atoms with Crippen LogP contribution in [0.3, 0.4) is 0 Å². The molecule has 2 aromatic carbocycles. The monoisotopic (exact) mass is 293 g/mol. The van der Waals surface area contributed by atoms with E-state index in [4.69, 9.17) is 4.74 Å². The molecule has 0 aliphatic rings. The summed E-state index contributed by atoms with van der Waals surface area (Å²) in [6.07, 6.45) is 0. The Hall–Kier alpha value is -2.08. The van der Waals surface area contributed by atoms with E-state index < -0.39 is 16.4 Å². The molecule has 20 heavy (non-hydrogen) atoms. The third-order valence-electron chi connectivity index (χ3n) is 2.66. The van der Waals surface area contributed by atoms with Crippen LogP contribution in [0.15, 0.2) is 47.4 Å². The smallest absolute Gasteiger partial charge is 0.304 e. The topological polar surface area (TPSA) is 52.4 Å². The summed E-state index contributed by atoms with van der Waals surface area (Å²) in [7, 11) is 1.59. The maximum atomic E-state index is 13.5. The molecule has 4 nitrogen and oxygen atoms in total. The highest BCUT2D eigenvalue weighted by atomic mass is 32.2. The molecular weight excluding hydrogens is 281 g/mol. The van der Waals surface area contributed by atoms with Gasteiger partial charge >= 0.3 is 5.69 Å². The number of ether oxygens (including phenoxy) is 1. The van der Waals surface area contributed by atoms with Gasteiger partial charge in [0.25, 0.3) is 0 Å². The molecule has 0 amide bonds. The van der Waals surface area contributed by atoms with Gasteiger partial charge in [-0.25, -0.2) is 0 Å². The van der Waals surface area contributed by atoms with Gasteiger partial charge in [-0.05, 0) is 29.8 Å². The summed E-state index contributed by atoms with van der Waals surface area (Å²) < 4.78 is 18.6. The Morgan fingerprint density at radius 2 is 2.10 bits per heavy atom. The predicted molar refractivity (Wildman–Crippen MR) is 75.6 cm³/mol. The highest BCUT2D eigenvalue weighted by molar-refractivity contribution is 7.98. The summed E-state index contributed by atoms with van der Waals surface area (Å²) in [6, 6.07) is 11.5. The quantitative estimate of drug-likeness (QED) is 0.474. The van der Waals surface area contributed by atoms with E-state index in [0.29, 0.717) is 11.3 Å². The van der Waals surface area contributed by atoms with E-state index in [0.717, 1.165) is 10.6 Å². The molecule has 0 saturated heterocycles. The fourth-order valence-electron chi connectivity index (χ4n) is 1.65. The zero-order chi connectivity index (χ0) is 14.5. The van der Waals surface area contributed by atoms with Gasteiger partial charge in [0, 0.05) is 16.7 Å². The number of nitro benzene ring substituents is 1. The highest BCUT2D eigenvalue weighted by Crippen LogP contribution is 2.27. The molecule has 0 saturated carbocycles. The first-order valence-corrected chi connectivity index (χ1v) is 6.78. The van der Waals surface area contributed by atoms with Crippen molar-refractivity contribution in [2.24, 2.45) is 0 Å². The zero-order valence-electron chi connectivity index (χ0n) is 10.7. The van der Waals surface area contributed by atoms with Crippen molar-refractivity contribution < 1.29 is 14.1 Å². The second-order valence-corrected chi connectivity index (χ2v) is 5.06. The number of methoxy groups -OCH3 is 1. The second-order valence-electron chi connectivity index (χ2n) is 4.01. The van der Waals surface area contributed by atoms with Crippen molar-refractivity contribution in [3.8, 4) is 5.75 Å². The number of benzene rings is 2. The van der Waals surface area contributed by atoms with Crippen LogP contribution in [0.2, 0.25) is 0 Å². The molecule has 0 aliphatic carbocycles. The Bertz CT molecular complexity index is 634. The van der Waals surface area contributed by atoms with Gasteiger partial charge in [0.05, 0.1) is 12.0 Å². The molecule has 0 radical (unpaired) electrons. The molecule has 0 unspecified atom stereocenters. The first-order chi connectivity index (χ1) is 9.60. The van der Waals surface area contributed by atoms with Crippen LogP contribution in [0, 0.1) is 15.9 Å². The molecule has 0 fully saturated rings. The zero-order valence-corrected chi connectivity index (χ0v) is 11.5. The normalized spacial score (nSPS) is 10.3. The fraction of sp³-hybridized carbons (Fsp3) is 0.143. The predicted octanol–water partition coefficient (Wildman–Crippen LogP) is 4.03. The van der Waals surface area contributed by atoms with Gasteiger partial charge in [0.2, 0.25) is 5.82 Å². The highest BCUT2D eigenvalue weighted by Gasteiger charge is 2.13. The van der Waals surface area contributed by atoms with E-state index in [9.17, 15) is 14.5 Å². The van der Waals surface area contributed by atoms with Crippen LogP contribution in [0.5, 0.6) is 5.75 Å². The number of rotatable bonds is 5. The van der Waals surface area contributed by atoms with Crippen LogP contribution in [0.1, 0.15) is 5.56 Å². The molecule has 0 spiro atoms. The average molecular weight is 293 g/mol. The van der Waals surface area contributed by atoms with E-state index >= 15 is 0 Å². The molecule has 104 valence electrons. The Morgan fingerprint density at radius 3 is 2.75 bits per heavy atom. The minimum absolute atomic E-state index is 0.500.